The summed E-state index contributed by atoms with van der Waals surface area (Å²) in [4.78, 5) is 0. The van der Waals surface area contributed by atoms with Gasteiger partial charge >= 0.3 is 0 Å². The lowest BCUT2D eigenvalue weighted by atomic mass is 9.95. The van der Waals surface area contributed by atoms with Crippen molar-refractivity contribution in [2.45, 2.75) is 77.3 Å². The molecule has 1 aromatic rings. The van der Waals surface area contributed by atoms with E-state index in [1.165, 1.54) is 56.9 Å². The zero-order chi connectivity index (χ0) is 16.3. The largest absolute Gasteiger partial charge is 0.493 e. The average molecular weight is 319 g/mol. The summed E-state index contributed by atoms with van der Waals surface area (Å²) in [5.74, 6) is 1.78. The molecule has 0 atom stereocenters. The van der Waals surface area contributed by atoms with Gasteiger partial charge in [-0.15, -0.1) is 0 Å². The van der Waals surface area contributed by atoms with Crippen LogP contribution in [0.15, 0.2) is 18.2 Å². The number of ether oxygens (including phenoxy) is 2. The van der Waals surface area contributed by atoms with E-state index in [9.17, 15) is 0 Å². The van der Waals surface area contributed by atoms with Gasteiger partial charge in [0.1, 0.15) is 0 Å². The Morgan fingerprint density at radius 2 is 1.91 bits per heavy atom. The molecule has 0 aliphatic heterocycles. The van der Waals surface area contributed by atoms with E-state index < -0.39 is 0 Å². The quantitative estimate of drug-likeness (QED) is 0.610. The number of benzene rings is 1. The number of unbranched alkanes of at least 4 members (excludes halogenated alkanes) is 3. The predicted octanol–water partition coefficient (Wildman–Crippen LogP) is 5.08. The molecule has 23 heavy (non-hydrogen) atoms. The summed E-state index contributed by atoms with van der Waals surface area (Å²) in [6.07, 6.45) is 11.6. The van der Waals surface area contributed by atoms with Crippen molar-refractivity contribution in [1.82, 2.24) is 5.32 Å². The van der Waals surface area contributed by atoms with Crippen LogP contribution < -0.4 is 14.8 Å². The third kappa shape index (κ3) is 6.06. The van der Waals surface area contributed by atoms with Crippen LogP contribution in [-0.4, -0.2) is 19.8 Å². The molecule has 1 fully saturated rings. The molecule has 130 valence electrons. The van der Waals surface area contributed by atoms with Crippen LogP contribution in [0.3, 0.4) is 0 Å². The number of para-hydroxylation sites is 1. The van der Waals surface area contributed by atoms with E-state index in [0.29, 0.717) is 6.04 Å². The molecule has 1 aliphatic rings. The average Bonchev–Trinajstić information content (AvgIpc) is 2.61. The van der Waals surface area contributed by atoms with E-state index in [2.05, 4.69) is 24.4 Å². The van der Waals surface area contributed by atoms with Gasteiger partial charge in [-0.1, -0.05) is 57.6 Å². The van der Waals surface area contributed by atoms with Gasteiger partial charge in [0.2, 0.25) is 0 Å². The fourth-order valence-electron chi connectivity index (χ4n) is 3.29. The van der Waals surface area contributed by atoms with Crippen molar-refractivity contribution in [1.29, 1.82) is 0 Å². The molecular formula is C20H33NO2. The maximum Gasteiger partial charge on any atom is 0.165 e. The van der Waals surface area contributed by atoms with Crippen LogP contribution in [0.5, 0.6) is 11.5 Å². The van der Waals surface area contributed by atoms with Crippen LogP contribution in [-0.2, 0) is 6.54 Å². The number of methoxy groups -OCH3 is 1. The van der Waals surface area contributed by atoms with Gasteiger partial charge in [0.15, 0.2) is 11.5 Å². The van der Waals surface area contributed by atoms with Crippen molar-refractivity contribution in [3.8, 4) is 11.5 Å². The molecule has 0 radical (unpaired) electrons. The van der Waals surface area contributed by atoms with Crippen LogP contribution in [0.2, 0.25) is 0 Å². The highest BCUT2D eigenvalue weighted by Gasteiger charge is 2.15. The first-order chi connectivity index (χ1) is 11.3. The minimum Gasteiger partial charge on any atom is -0.493 e. The Morgan fingerprint density at radius 1 is 1.09 bits per heavy atom. The fourth-order valence-corrected chi connectivity index (χ4v) is 3.29. The zero-order valence-electron chi connectivity index (χ0n) is 14.9. The topological polar surface area (TPSA) is 30.5 Å². The molecule has 2 rings (SSSR count). The molecule has 0 spiro atoms. The lowest BCUT2D eigenvalue weighted by Gasteiger charge is -2.24. The fraction of sp³-hybridized carbons (Fsp3) is 0.700. The molecular weight excluding hydrogens is 286 g/mol. The molecule has 1 aliphatic carbocycles. The summed E-state index contributed by atoms with van der Waals surface area (Å²) in [6, 6.07) is 6.86. The second kappa shape index (κ2) is 10.5. The third-order valence-electron chi connectivity index (χ3n) is 4.71. The highest BCUT2D eigenvalue weighted by atomic mass is 16.5. The van der Waals surface area contributed by atoms with E-state index in [1.54, 1.807) is 7.11 Å². The number of hydrogen-bond acceptors (Lipinski definition) is 3. The first-order valence-electron chi connectivity index (χ1n) is 9.37. The molecule has 0 saturated heterocycles. The van der Waals surface area contributed by atoms with E-state index in [0.717, 1.165) is 31.1 Å². The predicted molar refractivity (Wildman–Crippen MR) is 96.3 cm³/mol. The van der Waals surface area contributed by atoms with Crippen molar-refractivity contribution >= 4 is 0 Å². The molecule has 0 aromatic heterocycles. The second-order valence-corrected chi connectivity index (χ2v) is 6.57. The van der Waals surface area contributed by atoms with Gasteiger partial charge in [0.05, 0.1) is 13.7 Å². The molecule has 3 nitrogen and oxygen atoms in total. The van der Waals surface area contributed by atoms with Gasteiger partial charge in [-0.25, -0.2) is 0 Å². The van der Waals surface area contributed by atoms with Gasteiger partial charge in [-0.05, 0) is 25.3 Å². The summed E-state index contributed by atoms with van der Waals surface area (Å²) >= 11 is 0. The van der Waals surface area contributed by atoms with E-state index in [1.807, 2.05) is 6.07 Å². The maximum absolute atomic E-state index is 6.08. The lowest BCUT2D eigenvalue weighted by molar-refractivity contribution is 0.280. The number of hydrogen-bond donors (Lipinski definition) is 1. The number of nitrogens with one attached hydrogen (secondary N) is 1. The van der Waals surface area contributed by atoms with E-state index in [4.69, 9.17) is 9.47 Å². The Hall–Kier alpha value is -1.22. The van der Waals surface area contributed by atoms with Crippen molar-refractivity contribution in [2.75, 3.05) is 13.7 Å². The van der Waals surface area contributed by atoms with E-state index in [-0.39, 0.29) is 0 Å². The SMILES string of the molecule is CCCCCCOc1c(CNC2CCCCC2)cccc1OC. The molecule has 0 amide bonds. The Morgan fingerprint density at radius 3 is 2.65 bits per heavy atom. The molecule has 1 aromatic carbocycles. The van der Waals surface area contributed by atoms with Gasteiger partial charge in [0.25, 0.3) is 0 Å². The Bertz CT molecular complexity index is 441. The van der Waals surface area contributed by atoms with Gasteiger partial charge in [0, 0.05) is 18.2 Å². The zero-order valence-corrected chi connectivity index (χ0v) is 14.9. The van der Waals surface area contributed by atoms with Gasteiger partial charge in [-0.2, -0.15) is 0 Å². The molecule has 0 bridgehead atoms. The van der Waals surface area contributed by atoms with Crippen LogP contribution in [0, 0.1) is 0 Å². The molecule has 1 saturated carbocycles. The first kappa shape index (κ1) is 18.1. The summed E-state index contributed by atoms with van der Waals surface area (Å²) in [5.41, 5.74) is 1.21. The van der Waals surface area contributed by atoms with Crippen molar-refractivity contribution in [2.24, 2.45) is 0 Å². The van der Waals surface area contributed by atoms with Crippen molar-refractivity contribution in [3.63, 3.8) is 0 Å². The van der Waals surface area contributed by atoms with Crippen LogP contribution in [0.25, 0.3) is 0 Å². The Balaban J connectivity index is 1.91. The van der Waals surface area contributed by atoms with Crippen molar-refractivity contribution in [3.05, 3.63) is 23.8 Å². The van der Waals surface area contributed by atoms with Crippen molar-refractivity contribution < 1.29 is 9.47 Å². The minimum absolute atomic E-state index is 0.660. The highest BCUT2D eigenvalue weighted by molar-refractivity contribution is 5.46. The maximum atomic E-state index is 6.08. The molecule has 0 heterocycles. The Labute approximate surface area is 141 Å². The minimum atomic E-state index is 0.660. The standard InChI is InChI=1S/C20H33NO2/c1-3-4-5-9-15-23-20-17(11-10-14-19(20)22-2)16-21-18-12-7-6-8-13-18/h10-11,14,18,21H,3-9,12-13,15-16H2,1-2H3. The highest BCUT2D eigenvalue weighted by Crippen LogP contribution is 2.31. The molecule has 1 N–H and O–H groups in total. The summed E-state index contributed by atoms with van der Waals surface area (Å²) in [5, 5.41) is 3.70. The van der Waals surface area contributed by atoms with Gasteiger partial charge in [-0.3, -0.25) is 0 Å². The molecule has 0 unspecified atom stereocenters. The summed E-state index contributed by atoms with van der Waals surface area (Å²) in [6.45, 7) is 3.87. The smallest absolute Gasteiger partial charge is 0.165 e. The van der Waals surface area contributed by atoms with Crippen LogP contribution in [0.4, 0.5) is 0 Å². The van der Waals surface area contributed by atoms with Gasteiger partial charge < -0.3 is 14.8 Å². The normalized spacial score (nSPS) is 15.6. The molecule has 3 heteroatoms. The lowest BCUT2D eigenvalue weighted by Crippen LogP contribution is -2.30. The van der Waals surface area contributed by atoms with Crippen LogP contribution in [0.1, 0.15) is 70.3 Å². The van der Waals surface area contributed by atoms with Crippen LogP contribution >= 0.6 is 0 Å². The summed E-state index contributed by atoms with van der Waals surface area (Å²) in [7, 11) is 1.72. The van der Waals surface area contributed by atoms with E-state index >= 15 is 0 Å². The monoisotopic (exact) mass is 319 g/mol. The first-order valence-corrected chi connectivity index (χ1v) is 9.37. The number of rotatable bonds is 10. The Kier molecular flexibility index (Phi) is 8.30. The second-order valence-electron chi connectivity index (χ2n) is 6.57. The summed E-state index contributed by atoms with van der Waals surface area (Å²) < 4.78 is 11.6. The third-order valence-corrected chi connectivity index (χ3v) is 4.71.